The van der Waals surface area contributed by atoms with Crippen LogP contribution in [0.4, 0.5) is 5.69 Å². The Morgan fingerprint density at radius 3 is 2.20 bits per heavy atom. The maximum atomic E-state index is 14.8. The quantitative estimate of drug-likeness (QED) is 0.126. The smallest absolute Gasteiger partial charge is 0.264 e. The molecule has 1 fully saturated rings. The molecule has 1 N–H and O–H groups in total. The Hall–Kier alpha value is -3.80. The van der Waals surface area contributed by atoms with Gasteiger partial charge in [-0.15, -0.1) is 11.8 Å². The minimum Gasteiger partial charge on any atom is -0.492 e. The molecule has 0 aromatic heterocycles. The van der Waals surface area contributed by atoms with Crippen LogP contribution in [0, 0.1) is 0 Å². The maximum Gasteiger partial charge on any atom is 0.264 e. The summed E-state index contributed by atoms with van der Waals surface area (Å²) in [4.78, 5) is 31.5. The van der Waals surface area contributed by atoms with Gasteiger partial charge in [-0.2, -0.15) is 0 Å². The maximum absolute atomic E-state index is 14.8. The fraction of sp³-hybridized carbons (Fsp3) is 0.316. The molecule has 4 aromatic carbocycles. The van der Waals surface area contributed by atoms with Gasteiger partial charge in [0.15, 0.2) is 0 Å². The summed E-state index contributed by atoms with van der Waals surface area (Å²) in [6.45, 7) is 1.68. The van der Waals surface area contributed by atoms with E-state index in [9.17, 15) is 18.0 Å². The minimum atomic E-state index is -4.26. The summed E-state index contributed by atoms with van der Waals surface area (Å²) in [6.07, 6.45) is 6.04. The molecule has 0 bridgehead atoms. The van der Waals surface area contributed by atoms with Crippen LogP contribution in [0.2, 0.25) is 0 Å². The van der Waals surface area contributed by atoms with Gasteiger partial charge in [-0.25, -0.2) is 8.42 Å². The summed E-state index contributed by atoms with van der Waals surface area (Å²) in [6, 6.07) is 29.7. The van der Waals surface area contributed by atoms with Crippen molar-refractivity contribution >= 4 is 55.2 Å². The third-order valence-electron chi connectivity index (χ3n) is 8.60. The highest BCUT2D eigenvalue weighted by Crippen LogP contribution is 2.33. The van der Waals surface area contributed by atoms with Gasteiger partial charge in [-0.05, 0) is 85.7 Å². The van der Waals surface area contributed by atoms with E-state index in [4.69, 9.17) is 4.74 Å². The molecule has 2 amide bonds. The van der Waals surface area contributed by atoms with Crippen LogP contribution in [0.15, 0.2) is 117 Å². The van der Waals surface area contributed by atoms with Gasteiger partial charge < -0.3 is 15.0 Å². The second kappa shape index (κ2) is 17.2. The molecular formula is C38H42BrN3O5S2. The molecule has 0 heterocycles. The van der Waals surface area contributed by atoms with Gasteiger partial charge >= 0.3 is 0 Å². The lowest BCUT2D eigenvalue weighted by Gasteiger charge is -2.34. The number of hydrogen-bond acceptors (Lipinski definition) is 6. The Labute approximate surface area is 302 Å². The lowest BCUT2D eigenvalue weighted by atomic mass is 10.0. The van der Waals surface area contributed by atoms with Crippen molar-refractivity contribution in [2.75, 3.05) is 23.7 Å². The zero-order chi connectivity index (χ0) is 34.8. The van der Waals surface area contributed by atoms with E-state index in [0.717, 1.165) is 50.5 Å². The molecule has 0 saturated heterocycles. The largest absolute Gasteiger partial charge is 0.492 e. The molecule has 1 aliphatic rings. The number of sulfonamides is 1. The lowest BCUT2D eigenvalue weighted by Crippen LogP contribution is -2.54. The molecular weight excluding hydrogens is 722 g/mol. The molecule has 49 heavy (non-hydrogen) atoms. The molecule has 11 heteroatoms. The normalized spacial score (nSPS) is 13.9. The Morgan fingerprint density at radius 2 is 1.55 bits per heavy atom. The molecule has 0 unspecified atom stereocenters. The topological polar surface area (TPSA) is 96.0 Å². The number of thioether (sulfide) groups is 1. The predicted molar refractivity (Wildman–Crippen MR) is 199 cm³/mol. The zero-order valence-electron chi connectivity index (χ0n) is 27.8. The van der Waals surface area contributed by atoms with Gasteiger partial charge in [0.2, 0.25) is 11.8 Å². The van der Waals surface area contributed by atoms with Gasteiger partial charge in [0.25, 0.3) is 10.0 Å². The summed E-state index contributed by atoms with van der Waals surface area (Å²) >= 11 is 4.99. The molecule has 4 aromatic rings. The van der Waals surface area contributed by atoms with Gasteiger partial charge in [-0.3, -0.25) is 13.9 Å². The number of benzene rings is 4. The number of carbonyl (C=O) groups excluding carboxylic acids is 2. The summed E-state index contributed by atoms with van der Waals surface area (Å²) in [7, 11) is -4.26. The second-order valence-corrected chi connectivity index (χ2v) is 15.6. The van der Waals surface area contributed by atoms with Crippen LogP contribution in [0.3, 0.4) is 0 Å². The number of amides is 2. The van der Waals surface area contributed by atoms with Crippen LogP contribution in [-0.2, 0) is 32.6 Å². The number of halogens is 1. The standard InChI is InChI=1S/C38H42BrN3O5S2/c1-3-47-36-16-10-9-15-34(36)42(49(45,46)33-23-21-32(48-2)22-24-33)27-37(43)41(26-29-17-19-30(39)20-18-29)35(25-28-11-5-4-6-12-28)38(44)40-31-13-7-8-14-31/h4-6,9-12,15-24,31,35H,3,7-8,13-14,25-27H2,1-2H3,(H,40,44)/t35-/m0/s1. The van der Waals surface area contributed by atoms with E-state index >= 15 is 0 Å². The first kappa shape index (κ1) is 36.5. The number of hydrogen-bond donors (Lipinski definition) is 1. The van der Waals surface area contributed by atoms with Crippen LogP contribution >= 0.6 is 27.7 Å². The Morgan fingerprint density at radius 1 is 0.898 bits per heavy atom. The van der Waals surface area contributed by atoms with Crippen LogP contribution < -0.4 is 14.4 Å². The summed E-state index contributed by atoms with van der Waals surface area (Å²) in [5.74, 6) is -0.430. The molecule has 0 radical (unpaired) electrons. The number of nitrogens with one attached hydrogen (secondary N) is 1. The molecule has 5 rings (SSSR count). The van der Waals surface area contributed by atoms with Crippen molar-refractivity contribution in [3.63, 3.8) is 0 Å². The van der Waals surface area contributed by atoms with Crippen LogP contribution in [0.25, 0.3) is 0 Å². The number of nitrogens with zero attached hydrogens (tertiary/aromatic N) is 2. The Bertz CT molecular complexity index is 1800. The molecule has 258 valence electrons. The van der Waals surface area contributed by atoms with E-state index in [2.05, 4.69) is 21.2 Å². The van der Waals surface area contributed by atoms with Crippen molar-refractivity contribution in [1.82, 2.24) is 10.2 Å². The number of ether oxygens (including phenoxy) is 1. The Kier molecular flexibility index (Phi) is 12.8. The highest BCUT2D eigenvalue weighted by molar-refractivity contribution is 9.10. The van der Waals surface area contributed by atoms with Crippen LogP contribution in [0.1, 0.15) is 43.7 Å². The van der Waals surface area contributed by atoms with Crippen molar-refractivity contribution in [3.8, 4) is 5.75 Å². The van der Waals surface area contributed by atoms with Gasteiger partial charge in [-0.1, -0.05) is 83.4 Å². The number of anilines is 1. The highest BCUT2D eigenvalue weighted by atomic mass is 79.9. The second-order valence-electron chi connectivity index (χ2n) is 11.9. The van der Waals surface area contributed by atoms with Crippen molar-refractivity contribution < 1.29 is 22.7 Å². The first-order valence-electron chi connectivity index (χ1n) is 16.5. The van der Waals surface area contributed by atoms with Gasteiger partial charge in [0.1, 0.15) is 18.3 Å². The van der Waals surface area contributed by atoms with E-state index in [1.54, 1.807) is 48.5 Å². The Balaban J connectivity index is 1.59. The van der Waals surface area contributed by atoms with Crippen LogP contribution in [-0.4, -0.2) is 56.6 Å². The van der Waals surface area contributed by atoms with Crippen molar-refractivity contribution in [2.24, 2.45) is 0 Å². The monoisotopic (exact) mass is 763 g/mol. The van der Waals surface area contributed by atoms with Crippen molar-refractivity contribution in [1.29, 1.82) is 0 Å². The van der Waals surface area contributed by atoms with Crippen molar-refractivity contribution in [2.45, 2.75) is 67.4 Å². The number of para-hydroxylation sites is 2. The van der Waals surface area contributed by atoms with E-state index in [1.807, 2.05) is 67.8 Å². The highest BCUT2D eigenvalue weighted by Gasteiger charge is 2.36. The first-order chi connectivity index (χ1) is 23.7. The predicted octanol–water partition coefficient (Wildman–Crippen LogP) is 7.46. The van der Waals surface area contributed by atoms with Gasteiger partial charge in [0, 0.05) is 28.4 Å². The number of rotatable bonds is 15. The summed E-state index contributed by atoms with van der Waals surface area (Å²) in [5, 5.41) is 3.21. The minimum absolute atomic E-state index is 0.0367. The molecule has 1 saturated carbocycles. The fourth-order valence-corrected chi connectivity index (χ4v) is 8.13. The molecule has 0 spiro atoms. The third kappa shape index (κ3) is 9.46. The fourth-order valence-electron chi connectivity index (χ4n) is 6.04. The SMILES string of the molecule is CCOc1ccccc1N(CC(=O)N(Cc1ccc(Br)cc1)[C@@H](Cc1ccccc1)C(=O)NC1CCCC1)S(=O)(=O)c1ccc(SC)cc1. The average molecular weight is 765 g/mol. The third-order valence-corrected chi connectivity index (χ3v) is 11.6. The van der Waals surface area contributed by atoms with Crippen molar-refractivity contribution in [3.05, 3.63) is 119 Å². The first-order valence-corrected chi connectivity index (χ1v) is 19.9. The van der Waals surface area contributed by atoms with E-state index in [1.165, 1.54) is 16.7 Å². The zero-order valence-corrected chi connectivity index (χ0v) is 31.0. The molecule has 1 aliphatic carbocycles. The summed E-state index contributed by atoms with van der Waals surface area (Å²) < 4.78 is 36.8. The number of carbonyl (C=O) groups is 2. The molecule has 1 atom stereocenters. The molecule has 0 aliphatic heterocycles. The summed E-state index contributed by atoms with van der Waals surface area (Å²) in [5.41, 5.74) is 1.94. The average Bonchev–Trinajstić information content (AvgIpc) is 3.63. The lowest BCUT2D eigenvalue weighted by molar-refractivity contribution is -0.140. The van der Waals surface area contributed by atoms with E-state index < -0.39 is 28.5 Å². The van der Waals surface area contributed by atoms with E-state index in [-0.39, 0.29) is 35.5 Å². The van der Waals surface area contributed by atoms with Gasteiger partial charge in [0.05, 0.1) is 17.2 Å². The van der Waals surface area contributed by atoms with Crippen LogP contribution in [0.5, 0.6) is 5.75 Å². The molecule has 8 nitrogen and oxygen atoms in total. The van der Waals surface area contributed by atoms with E-state index in [0.29, 0.717) is 12.4 Å².